The average Bonchev–Trinajstić information content (AvgIpc) is 3.00. The Morgan fingerprint density at radius 2 is 1.69 bits per heavy atom. The standard InChI is InChI=1S/C22H22O7/c1-26-22(25)21(15-6-3-2-4-7-15)29-20(24)11-9-17(23)16-8-10-18-19(14-16)28-13-5-12-27-18/h2-4,6-8,10,14,21H,5,9,11-13H2,1H3. The highest BCUT2D eigenvalue weighted by Crippen LogP contribution is 2.31. The molecule has 152 valence electrons. The summed E-state index contributed by atoms with van der Waals surface area (Å²) in [5.74, 6) is -0.453. The van der Waals surface area contributed by atoms with Crippen LogP contribution < -0.4 is 9.47 Å². The largest absolute Gasteiger partial charge is 0.490 e. The van der Waals surface area contributed by atoms with E-state index in [1.165, 1.54) is 7.11 Å². The van der Waals surface area contributed by atoms with Gasteiger partial charge in [-0.2, -0.15) is 0 Å². The molecule has 1 heterocycles. The molecule has 3 rings (SSSR count). The Kier molecular flexibility index (Phi) is 6.84. The van der Waals surface area contributed by atoms with E-state index in [1.807, 2.05) is 0 Å². The van der Waals surface area contributed by atoms with Gasteiger partial charge in [-0.15, -0.1) is 0 Å². The molecule has 29 heavy (non-hydrogen) atoms. The number of ether oxygens (including phenoxy) is 4. The molecule has 0 saturated carbocycles. The quantitative estimate of drug-likeness (QED) is 0.522. The maximum absolute atomic E-state index is 12.5. The van der Waals surface area contributed by atoms with E-state index in [1.54, 1.807) is 48.5 Å². The zero-order valence-corrected chi connectivity index (χ0v) is 16.1. The number of benzene rings is 2. The Balaban J connectivity index is 1.60. The maximum atomic E-state index is 12.5. The van der Waals surface area contributed by atoms with Gasteiger partial charge >= 0.3 is 11.9 Å². The lowest BCUT2D eigenvalue weighted by atomic mass is 10.1. The molecule has 7 nitrogen and oxygen atoms in total. The van der Waals surface area contributed by atoms with Crippen LogP contribution >= 0.6 is 0 Å². The van der Waals surface area contributed by atoms with Gasteiger partial charge in [0.2, 0.25) is 6.10 Å². The molecule has 0 radical (unpaired) electrons. The molecule has 1 aliphatic rings. The highest BCUT2D eigenvalue weighted by atomic mass is 16.6. The minimum Gasteiger partial charge on any atom is -0.490 e. The molecular formula is C22H22O7. The summed E-state index contributed by atoms with van der Waals surface area (Å²) in [5.41, 5.74) is 0.927. The lowest BCUT2D eigenvalue weighted by molar-refractivity contribution is -0.166. The van der Waals surface area contributed by atoms with Crippen molar-refractivity contribution >= 4 is 17.7 Å². The number of fused-ring (bicyclic) bond motifs is 1. The molecular weight excluding hydrogens is 376 g/mol. The van der Waals surface area contributed by atoms with Gasteiger partial charge in [-0.25, -0.2) is 4.79 Å². The smallest absolute Gasteiger partial charge is 0.351 e. The van der Waals surface area contributed by atoms with E-state index in [9.17, 15) is 14.4 Å². The number of esters is 2. The van der Waals surface area contributed by atoms with Crippen LogP contribution in [0.4, 0.5) is 0 Å². The Bertz CT molecular complexity index is 876. The van der Waals surface area contributed by atoms with Crippen LogP contribution in [0.25, 0.3) is 0 Å². The van der Waals surface area contributed by atoms with Crippen LogP contribution in [0.3, 0.4) is 0 Å². The molecule has 2 aromatic carbocycles. The van der Waals surface area contributed by atoms with Crippen molar-refractivity contribution in [1.82, 2.24) is 0 Å². The van der Waals surface area contributed by atoms with E-state index in [0.29, 0.717) is 35.8 Å². The molecule has 0 aliphatic carbocycles. The summed E-state index contributed by atoms with van der Waals surface area (Å²) in [7, 11) is 1.22. The van der Waals surface area contributed by atoms with Crippen LogP contribution in [-0.4, -0.2) is 38.0 Å². The summed E-state index contributed by atoms with van der Waals surface area (Å²) in [6, 6.07) is 13.5. The van der Waals surface area contributed by atoms with Crippen molar-refractivity contribution in [1.29, 1.82) is 0 Å². The van der Waals surface area contributed by atoms with Crippen molar-refractivity contribution in [3.05, 3.63) is 59.7 Å². The third-order valence-corrected chi connectivity index (χ3v) is 4.39. The van der Waals surface area contributed by atoms with Crippen LogP contribution in [0.15, 0.2) is 48.5 Å². The van der Waals surface area contributed by atoms with E-state index in [2.05, 4.69) is 0 Å². The first-order valence-electron chi connectivity index (χ1n) is 9.33. The van der Waals surface area contributed by atoms with Gasteiger partial charge in [0.05, 0.1) is 26.7 Å². The van der Waals surface area contributed by atoms with E-state index in [-0.39, 0.29) is 18.6 Å². The Labute approximate surface area is 168 Å². The molecule has 0 amide bonds. The summed E-state index contributed by atoms with van der Waals surface area (Å²) in [5, 5.41) is 0. The van der Waals surface area contributed by atoms with Gasteiger partial charge in [-0.3, -0.25) is 9.59 Å². The van der Waals surface area contributed by atoms with Gasteiger partial charge in [0.15, 0.2) is 17.3 Å². The minimum absolute atomic E-state index is 0.0544. The molecule has 0 saturated heterocycles. The topological polar surface area (TPSA) is 88.1 Å². The molecule has 0 aromatic heterocycles. The van der Waals surface area contributed by atoms with Crippen molar-refractivity contribution in [2.45, 2.75) is 25.4 Å². The second kappa shape index (κ2) is 9.73. The van der Waals surface area contributed by atoms with E-state index in [4.69, 9.17) is 18.9 Å². The molecule has 2 aromatic rings. The first-order chi connectivity index (χ1) is 14.1. The summed E-state index contributed by atoms with van der Waals surface area (Å²) in [4.78, 5) is 36.7. The third-order valence-electron chi connectivity index (χ3n) is 4.39. The van der Waals surface area contributed by atoms with Crippen LogP contribution in [0, 0.1) is 0 Å². The number of methoxy groups -OCH3 is 1. The highest BCUT2D eigenvalue weighted by Gasteiger charge is 2.26. The van der Waals surface area contributed by atoms with Crippen LogP contribution in [0.5, 0.6) is 11.5 Å². The number of carbonyl (C=O) groups is 3. The van der Waals surface area contributed by atoms with E-state index >= 15 is 0 Å². The van der Waals surface area contributed by atoms with Crippen LogP contribution in [0.1, 0.15) is 41.3 Å². The van der Waals surface area contributed by atoms with Crippen molar-refractivity contribution in [2.24, 2.45) is 0 Å². The fraction of sp³-hybridized carbons (Fsp3) is 0.318. The number of carbonyl (C=O) groups excluding carboxylic acids is 3. The molecule has 7 heteroatoms. The number of rotatable bonds is 7. The predicted molar refractivity (Wildman–Crippen MR) is 103 cm³/mol. The van der Waals surface area contributed by atoms with Gasteiger partial charge in [0, 0.05) is 24.0 Å². The molecule has 0 bridgehead atoms. The summed E-state index contributed by atoms with van der Waals surface area (Å²) >= 11 is 0. The fourth-order valence-electron chi connectivity index (χ4n) is 2.87. The normalized spacial score (nSPS) is 13.7. The first-order valence-corrected chi connectivity index (χ1v) is 9.33. The zero-order valence-electron chi connectivity index (χ0n) is 16.1. The summed E-state index contributed by atoms with van der Waals surface area (Å²) in [6.07, 6.45) is -0.608. The first kappa shape index (κ1) is 20.4. The van der Waals surface area contributed by atoms with E-state index in [0.717, 1.165) is 6.42 Å². The summed E-state index contributed by atoms with van der Waals surface area (Å²) < 4.78 is 21.1. The second-order valence-corrected chi connectivity index (χ2v) is 6.44. The van der Waals surface area contributed by atoms with Crippen molar-refractivity contribution in [3.8, 4) is 11.5 Å². The lowest BCUT2D eigenvalue weighted by Crippen LogP contribution is -2.21. The van der Waals surface area contributed by atoms with Crippen LogP contribution in [0.2, 0.25) is 0 Å². The van der Waals surface area contributed by atoms with Crippen molar-refractivity contribution in [3.63, 3.8) is 0 Å². The molecule has 0 N–H and O–H groups in total. The van der Waals surface area contributed by atoms with Gasteiger partial charge < -0.3 is 18.9 Å². The van der Waals surface area contributed by atoms with Gasteiger partial charge in [-0.1, -0.05) is 30.3 Å². The summed E-state index contributed by atoms with van der Waals surface area (Å²) in [6.45, 7) is 1.08. The molecule has 0 spiro atoms. The number of hydrogen-bond donors (Lipinski definition) is 0. The fourth-order valence-corrected chi connectivity index (χ4v) is 2.87. The van der Waals surface area contributed by atoms with Crippen molar-refractivity contribution in [2.75, 3.05) is 20.3 Å². The highest BCUT2D eigenvalue weighted by molar-refractivity contribution is 5.98. The molecule has 1 atom stereocenters. The Morgan fingerprint density at radius 3 is 2.41 bits per heavy atom. The predicted octanol–water partition coefficient (Wildman–Crippen LogP) is 3.27. The Hall–Kier alpha value is -3.35. The van der Waals surface area contributed by atoms with Gasteiger partial charge in [-0.05, 0) is 18.2 Å². The number of ketones is 1. The average molecular weight is 398 g/mol. The van der Waals surface area contributed by atoms with Crippen LogP contribution in [-0.2, 0) is 19.1 Å². The molecule has 0 fully saturated rings. The lowest BCUT2D eigenvalue weighted by Gasteiger charge is -2.16. The maximum Gasteiger partial charge on any atom is 0.351 e. The zero-order chi connectivity index (χ0) is 20.6. The molecule has 1 unspecified atom stereocenters. The number of Topliss-reactive ketones (excluding diaryl/α,β-unsaturated/α-hetero) is 1. The SMILES string of the molecule is COC(=O)C(OC(=O)CCC(=O)c1ccc2c(c1)OCCCO2)c1ccccc1. The second-order valence-electron chi connectivity index (χ2n) is 6.44. The number of hydrogen-bond acceptors (Lipinski definition) is 7. The Morgan fingerprint density at radius 1 is 0.966 bits per heavy atom. The molecule has 1 aliphatic heterocycles. The van der Waals surface area contributed by atoms with Crippen molar-refractivity contribution < 1.29 is 33.3 Å². The van der Waals surface area contributed by atoms with Gasteiger partial charge in [0.25, 0.3) is 0 Å². The van der Waals surface area contributed by atoms with E-state index < -0.39 is 18.0 Å². The monoisotopic (exact) mass is 398 g/mol. The minimum atomic E-state index is -1.16. The van der Waals surface area contributed by atoms with Gasteiger partial charge in [0.1, 0.15) is 0 Å². The third kappa shape index (κ3) is 5.34.